The molecule has 0 bridgehead atoms. The summed E-state index contributed by atoms with van der Waals surface area (Å²) in [6.45, 7) is 6.31. The summed E-state index contributed by atoms with van der Waals surface area (Å²) in [5, 5.41) is 9.05. The predicted octanol–water partition coefficient (Wildman–Crippen LogP) is 2.50. The van der Waals surface area contributed by atoms with E-state index in [0.29, 0.717) is 11.7 Å². The van der Waals surface area contributed by atoms with Gasteiger partial charge in [-0.2, -0.15) is 0 Å². The molecular weight excluding hydrogens is 238 g/mol. The number of H-pyrrole nitrogens is 1. The highest BCUT2D eigenvalue weighted by molar-refractivity contribution is 5.64. The van der Waals surface area contributed by atoms with Crippen molar-refractivity contribution in [2.24, 2.45) is 5.73 Å². The zero-order valence-electron chi connectivity index (χ0n) is 11.6. The van der Waals surface area contributed by atoms with Crippen molar-refractivity contribution in [2.75, 3.05) is 6.61 Å². The molecule has 1 aromatic carbocycles. The Balaban J connectivity index is 2.40. The van der Waals surface area contributed by atoms with Crippen molar-refractivity contribution >= 4 is 0 Å². The Morgan fingerprint density at radius 2 is 2.11 bits per heavy atom. The number of rotatable bonds is 4. The van der Waals surface area contributed by atoms with Gasteiger partial charge in [0, 0.05) is 5.56 Å². The Morgan fingerprint density at radius 1 is 1.37 bits per heavy atom. The zero-order valence-corrected chi connectivity index (χ0v) is 11.6. The van der Waals surface area contributed by atoms with E-state index in [-0.39, 0.29) is 6.61 Å². The minimum Gasteiger partial charge on any atom is -0.394 e. The van der Waals surface area contributed by atoms with E-state index >= 15 is 0 Å². The number of aliphatic hydroxyl groups is 1. The summed E-state index contributed by atoms with van der Waals surface area (Å²) in [5.74, 6) is 1.10. The lowest BCUT2D eigenvalue weighted by Gasteiger charge is -2.10. The first-order valence-electron chi connectivity index (χ1n) is 6.55. The average molecular weight is 259 g/mol. The number of aromatic amines is 1. The molecule has 1 aromatic heterocycles. The zero-order chi connectivity index (χ0) is 14.0. The van der Waals surface area contributed by atoms with Crippen molar-refractivity contribution in [3.05, 3.63) is 41.3 Å². The van der Waals surface area contributed by atoms with Gasteiger partial charge < -0.3 is 15.8 Å². The Kier molecular flexibility index (Phi) is 4.02. The van der Waals surface area contributed by atoms with Crippen molar-refractivity contribution < 1.29 is 5.11 Å². The van der Waals surface area contributed by atoms with Crippen LogP contribution in [-0.4, -0.2) is 21.7 Å². The van der Waals surface area contributed by atoms with Crippen LogP contribution in [0.5, 0.6) is 0 Å². The topological polar surface area (TPSA) is 74.9 Å². The van der Waals surface area contributed by atoms with Crippen LogP contribution in [0.1, 0.15) is 42.8 Å². The van der Waals surface area contributed by atoms with Gasteiger partial charge in [0.05, 0.1) is 24.5 Å². The van der Waals surface area contributed by atoms with Crippen molar-refractivity contribution in [3.8, 4) is 11.3 Å². The third-order valence-electron chi connectivity index (χ3n) is 3.36. The fourth-order valence-corrected chi connectivity index (χ4v) is 2.04. The van der Waals surface area contributed by atoms with E-state index in [9.17, 15) is 0 Å². The number of benzene rings is 1. The Bertz CT molecular complexity index is 560. The van der Waals surface area contributed by atoms with Crippen molar-refractivity contribution in [1.29, 1.82) is 0 Å². The molecule has 1 atom stereocenters. The smallest absolute Gasteiger partial charge is 0.125 e. The average Bonchev–Trinajstić information content (AvgIpc) is 2.87. The number of nitrogens with one attached hydrogen (secondary N) is 1. The second kappa shape index (κ2) is 5.55. The van der Waals surface area contributed by atoms with Gasteiger partial charge in [0.2, 0.25) is 0 Å². The van der Waals surface area contributed by atoms with Crippen molar-refractivity contribution in [1.82, 2.24) is 9.97 Å². The number of aromatic nitrogens is 2. The summed E-state index contributed by atoms with van der Waals surface area (Å²) in [7, 11) is 0. The van der Waals surface area contributed by atoms with E-state index in [1.54, 1.807) is 6.20 Å². The van der Waals surface area contributed by atoms with Crippen LogP contribution in [-0.2, 0) is 0 Å². The van der Waals surface area contributed by atoms with E-state index in [1.807, 2.05) is 0 Å². The molecule has 0 fully saturated rings. The van der Waals surface area contributed by atoms with Crippen LogP contribution in [0.25, 0.3) is 11.3 Å². The summed E-state index contributed by atoms with van der Waals surface area (Å²) >= 11 is 0. The summed E-state index contributed by atoms with van der Waals surface area (Å²) in [6, 6.07) is 6.00. The van der Waals surface area contributed by atoms with E-state index in [2.05, 4.69) is 48.9 Å². The standard InChI is InChI=1S/C15H21N3O/c1-9(2)11-5-4-10(3)12(6-11)14-7-17-15(18-14)13(16)8-19/h4-7,9,13,19H,8,16H2,1-3H3,(H,17,18). The van der Waals surface area contributed by atoms with E-state index in [1.165, 1.54) is 11.1 Å². The lowest BCUT2D eigenvalue weighted by molar-refractivity contribution is 0.264. The molecule has 0 amide bonds. The van der Waals surface area contributed by atoms with Crippen molar-refractivity contribution in [2.45, 2.75) is 32.7 Å². The van der Waals surface area contributed by atoms with Crippen LogP contribution < -0.4 is 5.73 Å². The second-order valence-corrected chi connectivity index (χ2v) is 5.20. The number of aryl methyl sites for hydroxylation is 1. The lowest BCUT2D eigenvalue weighted by atomic mass is 9.97. The molecule has 19 heavy (non-hydrogen) atoms. The molecule has 0 spiro atoms. The number of hydrogen-bond acceptors (Lipinski definition) is 3. The van der Waals surface area contributed by atoms with Gasteiger partial charge in [-0.1, -0.05) is 26.0 Å². The van der Waals surface area contributed by atoms with Gasteiger partial charge in [0.25, 0.3) is 0 Å². The molecule has 4 N–H and O–H groups in total. The maximum atomic E-state index is 9.05. The van der Waals surface area contributed by atoms with Crippen LogP contribution in [0.4, 0.5) is 0 Å². The minimum atomic E-state index is -0.456. The van der Waals surface area contributed by atoms with Crippen LogP contribution in [0.2, 0.25) is 0 Å². The Hall–Kier alpha value is -1.65. The molecule has 4 nitrogen and oxygen atoms in total. The first-order valence-corrected chi connectivity index (χ1v) is 6.55. The maximum absolute atomic E-state index is 9.05. The van der Waals surface area contributed by atoms with Gasteiger partial charge in [-0.15, -0.1) is 0 Å². The highest BCUT2D eigenvalue weighted by Crippen LogP contribution is 2.26. The van der Waals surface area contributed by atoms with E-state index < -0.39 is 6.04 Å². The highest BCUT2D eigenvalue weighted by atomic mass is 16.3. The number of aliphatic hydroxyl groups excluding tert-OH is 1. The number of hydrogen-bond donors (Lipinski definition) is 3. The summed E-state index contributed by atoms with van der Waals surface area (Å²) < 4.78 is 0. The first kappa shape index (κ1) is 13.8. The third kappa shape index (κ3) is 2.85. The number of nitrogens with two attached hydrogens (primary N) is 1. The molecule has 0 aliphatic carbocycles. The molecule has 102 valence electrons. The molecular formula is C15H21N3O. The monoisotopic (exact) mass is 259 g/mol. The van der Waals surface area contributed by atoms with E-state index in [0.717, 1.165) is 11.3 Å². The largest absolute Gasteiger partial charge is 0.394 e. The molecule has 4 heteroatoms. The quantitative estimate of drug-likeness (QED) is 0.789. The SMILES string of the molecule is Cc1ccc(C(C)C)cc1-c1cnc(C(N)CO)[nH]1. The van der Waals surface area contributed by atoms with E-state index in [4.69, 9.17) is 10.8 Å². The summed E-state index contributed by atoms with van der Waals surface area (Å²) in [4.78, 5) is 7.43. The first-order chi connectivity index (χ1) is 9.02. The van der Waals surface area contributed by atoms with Gasteiger partial charge in [-0.3, -0.25) is 0 Å². The molecule has 0 aliphatic heterocycles. The second-order valence-electron chi connectivity index (χ2n) is 5.20. The van der Waals surface area contributed by atoms with Gasteiger partial charge in [0.1, 0.15) is 5.82 Å². The fraction of sp³-hybridized carbons (Fsp3) is 0.400. The third-order valence-corrected chi connectivity index (χ3v) is 3.36. The van der Waals surface area contributed by atoms with Crippen LogP contribution in [0.15, 0.2) is 24.4 Å². The lowest BCUT2D eigenvalue weighted by Crippen LogP contribution is -2.15. The van der Waals surface area contributed by atoms with Crippen LogP contribution in [0, 0.1) is 6.92 Å². The molecule has 1 heterocycles. The van der Waals surface area contributed by atoms with Crippen LogP contribution in [0.3, 0.4) is 0 Å². The highest BCUT2D eigenvalue weighted by Gasteiger charge is 2.12. The summed E-state index contributed by atoms with van der Waals surface area (Å²) in [5.41, 5.74) is 10.3. The maximum Gasteiger partial charge on any atom is 0.125 e. The van der Waals surface area contributed by atoms with Gasteiger partial charge in [0.15, 0.2) is 0 Å². The Morgan fingerprint density at radius 3 is 2.74 bits per heavy atom. The van der Waals surface area contributed by atoms with Crippen molar-refractivity contribution in [3.63, 3.8) is 0 Å². The molecule has 2 aromatic rings. The molecule has 0 saturated carbocycles. The molecule has 0 radical (unpaired) electrons. The molecule has 1 unspecified atom stereocenters. The normalized spacial score (nSPS) is 12.9. The number of nitrogens with zero attached hydrogens (tertiary/aromatic N) is 1. The number of imidazole rings is 1. The van der Waals surface area contributed by atoms with Gasteiger partial charge in [-0.05, 0) is 30.0 Å². The van der Waals surface area contributed by atoms with Gasteiger partial charge in [-0.25, -0.2) is 4.98 Å². The molecule has 2 rings (SSSR count). The predicted molar refractivity (Wildman–Crippen MR) is 76.9 cm³/mol. The molecule has 0 aliphatic rings. The molecule has 0 saturated heterocycles. The Labute approximate surface area is 113 Å². The summed E-state index contributed by atoms with van der Waals surface area (Å²) in [6.07, 6.45) is 1.78. The van der Waals surface area contributed by atoms with Gasteiger partial charge >= 0.3 is 0 Å². The van der Waals surface area contributed by atoms with Crippen LogP contribution >= 0.6 is 0 Å². The minimum absolute atomic E-state index is 0.113. The fourth-order valence-electron chi connectivity index (χ4n) is 2.04.